The van der Waals surface area contributed by atoms with Gasteiger partial charge in [-0.3, -0.25) is 4.79 Å². The largest absolute Gasteiger partial charge is 0.325 e. The highest BCUT2D eigenvalue weighted by Crippen LogP contribution is 2.34. The zero-order valence-electron chi connectivity index (χ0n) is 13.7. The highest BCUT2D eigenvalue weighted by molar-refractivity contribution is 7.89. The van der Waals surface area contributed by atoms with Crippen LogP contribution in [0, 0.1) is 13.8 Å². The summed E-state index contributed by atoms with van der Waals surface area (Å²) in [6.45, 7) is 4.03. The number of hydrogen-bond acceptors (Lipinski definition) is 3. The molecule has 0 saturated heterocycles. The molecule has 5 nitrogen and oxygen atoms in total. The third-order valence-electron chi connectivity index (χ3n) is 4.42. The molecule has 126 valence electrons. The number of amides is 1. The summed E-state index contributed by atoms with van der Waals surface area (Å²) in [5, 5.41) is 2.82. The van der Waals surface area contributed by atoms with Gasteiger partial charge in [0.05, 0.1) is 10.8 Å². The molecule has 3 rings (SSSR count). The molecule has 1 unspecified atom stereocenters. The number of nitrogens with one attached hydrogen (secondary N) is 2. The van der Waals surface area contributed by atoms with Crippen molar-refractivity contribution in [1.82, 2.24) is 4.72 Å². The third kappa shape index (κ3) is 3.20. The Hall–Kier alpha value is -2.18. The Balaban J connectivity index is 1.68. The van der Waals surface area contributed by atoms with Crippen molar-refractivity contribution in [2.75, 3.05) is 11.9 Å². The second kappa shape index (κ2) is 6.37. The average Bonchev–Trinajstić information content (AvgIpc) is 2.86. The van der Waals surface area contributed by atoms with Crippen LogP contribution in [0.3, 0.4) is 0 Å². The summed E-state index contributed by atoms with van der Waals surface area (Å²) in [6, 6.07) is 12.6. The maximum Gasteiger partial charge on any atom is 0.240 e. The summed E-state index contributed by atoms with van der Waals surface area (Å²) >= 11 is 0. The molecule has 0 saturated carbocycles. The van der Waals surface area contributed by atoms with Gasteiger partial charge in [-0.2, -0.15) is 0 Å². The lowest BCUT2D eigenvalue weighted by Gasteiger charge is -2.11. The van der Waals surface area contributed by atoms with Gasteiger partial charge in [-0.15, -0.1) is 0 Å². The number of rotatable bonds is 5. The second-order valence-electron chi connectivity index (χ2n) is 6.06. The van der Waals surface area contributed by atoms with E-state index in [0.717, 1.165) is 22.4 Å². The first-order chi connectivity index (χ1) is 11.4. The minimum atomic E-state index is -3.57. The van der Waals surface area contributed by atoms with Crippen molar-refractivity contribution in [3.63, 3.8) is 0 Å². The van der Waals surface area contributed by atoms with Crippen LogP contribution in [-0.2, 0) is 14.8 Å². The summed E-state index contributed by atoms with van der Waals surface area (Å²) in [5.74, 6) is -0.398. The molecule has 24 heavy (non-hydrogen) atoms. The fourth-order valence-electron chi connectivity index (χ4n) is 2.86. The minimum absolute atomic E-state index is 0.0819. The Kier molecular flexibility index (Phi) is 4.43. The van der Waals surface area contributed by atoms with Crippen molar-refractivity contribution in [3.8, 4) is 0 Å². The van der Waals surface area contributed by atoms with Crippen LogP contribution < -0.4 is 10.0 Å². The van der Waals surface area contributed by atoms with Gasteiger partial charge < -0.3 is 5.32 Å². The van der Waals surface area contributed by atoms with Gasteiger partial charge in [-0.1, -0.05) is 24.3 Å². The fraction of sp³-hybridized carbons (Fsp3) is 0.278. The van der Waals surface area contributed by atoms with E-state index in [0.29, 0.717) is 6.42 Å². The van der Waals surface area contributed by atoms with E-state index in [-0.39, 0.29) is 23.3 Å². The molecule has 1 heterocycles. The second-order valence-corrected chi connectivity index (χ2v) is 7.83. The maximum atomic E-state index is 12.4. The van der Waals surface area contributed by atoms with Gasteiger partial charge in [0, 0.05) is 12.2 Å². The molecule has 2 aromatic carbocycles. The lowest BCUT2D eigenvalue weighted by molar-refractivity contribution is -0.117. The van der Waals surface area contributed by atoms with Crippen LogP contribution in [0.2, 0.25) is 0 Å². The van der Waals surface area contributed by atoms with E-state index in [1.54, 1.807) is 18.2 Å². The van der Waals surface area contributed by atoms with E-state index in [1.807, 2.05) is 38.1 Å². The Morgan fingerprint density at radius 3 is 2.58 bits per heavy atom. The quantitative estimate of drug-likeness (QED) is 0.876. The van der Waals surface area contributed by atoms with E-state index >= 15 is 0 Å². The first-order valence-electron chi connectivity index (χ1n) is 7.85. The molecule has 0 bridgehead atoms. The number of hydrogen-bond donors (Lipinski definition) is 2. The zero-order valence-corrected chi connectivity index (χ0v) is 14.5. The van der Waals surface area contributed by atoms with Gasteiger partial charge in [0.1, 0.15) is 0 Å². The van der Waals surface area contributed by atoms with Crippen molar-refractivity contribution in [3.05, 3.63) is 59.2 Å². The molecule has 1 aliphatic rings. The molecule has 1 aliphatic heterocycles. The third-order valence-corrected chi connectivity index (χ3v) is 5.88. The molecule has 0 spiro atoms. The minimum Gasteiger partial charge on any atom is -0.325 e. The van der Waals surface area contributed by atoms with Crippen molar-refractivity contribution >= 4 is 21.6 Å². The van der Waals surface area contributed by atoms with Gasteiger partial charge in [-0.05, 0) is 55.2 Å². The summed E-state index contributed by atoms with van der Waals surface area (Å²) in [5.41, 5.74) is 3.72. The van der Waals surface area contributed by atoms with Gasteiger partial charge in [0.15, 0.2) is 0 Å². The Labute approximate surface area is 142 Å². The van der Waals surface area contributed by atoms with E-state index in [1.165, 1.54) is 0 Å². The smallest absolute Gasteiger partial charge is 0.240 e. The molecular formula is C18H20N2O3S. The summed E-state index contributed by atoms with van der Waals surface area (Å²) in [7, 11) is -3.57. The molecule has 2 aromatic rings. The SMILES string of the molecule is Cc1ccc(S(=O)(=O)NCCC2C(=O)Nc3ccccc32)cc1C. The molecule has 6 heteroatoms. The Morgan fingerprint density at radius 2 is 1.83 bits per heavy atom. The molecule has 2 N–H and O–H groups in total. The van der Waals surface area contributed by atoms with Crippen LogP contribution in [0.1, 0.15) is 29.0 Å². The van der Waals surface area contributed by atoms with Crippen molar-refractivity contribution in [1.29, 1.82) is 0 Å². The predicted octanol–water partition coefficient (Wildman–Crippen LogP) is 2.71. The first-order valence-corrected chi connectivity index (χ1v) is 9.33. The van der Waals surface area contributed by atoms with Crippen molar-refractivity contribution < 1.29 is 13.2 Å². The van der Waals surface area contributed by atoms with E-state index in [4.69, 9.17) is 0 Å². The standard InChI is InChI=1S/C18H20N2O3S/c1-12-7-8-14(11-13(12)2)24(22,23)19-10-9-16-15-5-3-4-6-17(15)20-18(16)21/h3-8,11,16,19H,9-10H2,1-2H3,(H,20,21). The first kappa shape index (κ1) is 16.7. The molecule has 1 amide bonds. The number of para-hydroxylation sites is 1. The number of sulfonamides is 1. The number of carbonyl (C=O) groups is 1. The van der Waals surface area contributed by atoms with Crippen LogP contribution in [0.5, 0.6) is 0 Å². The summed E-state index contributed by atoms with van der Waals surface area (Å²) in [4.78, 5) is 12.3. The number of aryl methyl sites for hydroxylation is 2. The summed E-state index contributed by atoms with van der Waals surface area (Å²) < 4.78 is 27.4. The van der Waals surface area contributed by atoms with Crippen LogP contribution in [0.25, 0.3) is 0 Å². The zero-order chi connectivity index (χ0) is 17.3. The average molecular weight is 344 g/mol. The molecule has 0 radical (unpaired) electrons. The molecular weight excluding hydrogens is 324 g/mol. The molecule has 0 aromatic heterocycles. The Bertz CT molecular complexity index is 891. The topological polar surface area (TPSA) is 75.3 Å². The number of carbonyl (C=O) groups excluding carboxylic acids is 1. The maximum absolute atomic E-state index is 12.4. The summed E-state index contributed by atoms with van der Waals surface area (Å²) in [6.07, 6.45) is 0.424. The van der Waals surface area contributed by atoms with E-state index in [9.17, 15) is 13.2 Å². The van der Waals surface area contributed by atoms with E-state index in [2.05, 4.69) is 10.0 Å². The van der Waals surface area contributed by atoms with Crippen LogP contribution in [0.15, 0.2) is 47.4 Å². The highest BCUT2D eigenvalue weighted by Gasteiger charge is 2.30. The van der Waals surface area contributed by atoms with E-state index < -0.39 is 10.0 Å². The fourth-order valence-corrected chi connectivity index (χ4v) is 4.00. The predicted molar refractivity (Wildman–Crippen MR) is 93.5 cm³/mol. The molecule has 0 fully saturated rings. The molecule has 1 atom stereocenters. The molecule has 0 aliphatic carbocycles. The monoisotopic (exact) mass is 344 g/mol. The van der Waals surface area contributed by atoms with Gasteiger partial charge in [0.2, 0.25) is 15.9 Å². The van der Waals surface area contributed by atoms with Crippen LogP contribution >= 0.6 is 0 Å². The van der Waals surface area contributed by atoms with Crippen molar-refractivity contribution in [2.45, 2.75) is 31.1 Å². The number of fused-ring (bicyclic) bond motifs is 1. The lowest BCUT2D eigenvalue weighted by atomic mass is 9.97. The number of anilines is 1. The van der Waals surface area contributed by atoms with Gasteiger partial charge in [0.25, 0.3) is 0 Å². The van der Waals surface area contributed by atoms with Gasteiger partial charge in [-0.25, -0.2) is 13.1 Å². The van der Waals surface area contributed by atoms with Crippen molar-refractivity contribution in [2.24, 2.45) is 0 Å². The van der Waals surface area contributed by atoms with Gasteiger partial charge >= 0.3 is 0 Å². The lowest BCUT2D eigenvalue weighted by Crippen LogP contribution is -2.27. The van der Waals surface area contributed by atoms with Crippen LogP contribution in [0.4, 0.5) is 5.69 Å². The van der Waals surface area contributed by atoms with Crippen LogP contribution in [-0.4, -0.2) is 20.9 Å². The Morgan fingerprint density at radius 1 is 1.08 bits per heavy atom. The number of benzene rings is 2. The normalized spacial score (nSPS) is 16.8. The highest BCUT2D eigenvalue weighted by atomic mass is 32.2.